The van der Waals surface area contributed by atoms with Gasteiger partial charge in [-0.15, -0.1) is 0 Å². The molecule has 1 aromatic rings. The van der Waals surface area contributed by atoms with E-state index in [1.54, 1.807) is 24.5 Å². The van der Waals surface area contributed by atoms with Crippen molar-refractivity contribution in [2.24, 2.45) is 4.99 Å². The van der Waals surface area contributed by atoms with Gasteiger partial charge in [0, 0.05) is 31.2 Å². The third-order valence-electron chi connectivity index (χ3n) is 3.73. The molecule has 2 N–H and O–H groups in total. The summed E-state index contributed by atoms with van der Waals surface area (Å²) < 4.78 is 25.4. The van der Waals surface area contributed by atoms with E-state index in [9.17, 15) is 8.42 Å². The van der Waals surface area contributed by atoms with Gasteiger partial charge >= 0.3 is 0 Å². The molecule has 2 heterocycles. The van der Waals surface area contributed by atoms with E-state index in [4.69, 9.17) is 10.1 Å². The highest BCUT2D eigenvalue weighted by molar-refractivity contribution is 7.88. The van der Waals surface area contributed by atoms with Crippen molar-refractivity contribution in [1.29, 1.82) is 5.26 Å². The van der Waals surface area contributed by atoms with Crippen LogP contribution in [0.2, 0.25) is 0 Å². The second-order valence-corrected chi connectivity index (χ2v) is 7.75. The van der Waals surface area contributed by atoms with E-state index >= 15 is 0 Å². The molecule has 0 amide bonds. The fourth-order valence-corrected chi connectivity index (χ4v) is 3.81. The number of nitriles is 1. The van der Waals surface area contributed by atoms with E-state index in [1.807, 2.05) is 6.19 Å². The Bertz CT molecular complexity index is 711. The van der Waals surface area contributed by atoms with Crippen LogP contribution in [0.15, 0.2) is 29.5 Å². The van der Waals surface area contributed by atoms with Gasteiger partial charge in [0.2, 0.25) is 16.0 Å². The van der Waals surface area contributed by atoms with Crippen LogP contribution >= 0.6 is 0 Å². The highest BCUT2D eigenvalue weighted by atomic mass is 32.2. The third-order valence-corrected chi connectivity index (χ3v) is 5.44. The van der Waals surface area contributed by atoms with Gasteiger partial charge in [-0.1, -0.05) is 10.9 Å². The number of guanidine groups is 1. The van der Waals surface area contributed by atoms with Gasteiger partial charge in [0.15, 0.2) is 6.19 Å². The van der Waals surface area contributed by atoms with E-state index < -0.39 is 10.0 Å². The second-order valence-electron chi connectivity index (χ2n) is 5.77. The van der Waals surface area contributed by atoms with Crippen molar-refractivity contribution in [1.82, 2.24) is 14.8 Å². The lowest BCUT2D eigenvalue weighted by molar-refractivity contribution is -0.108. The Morgan fingerprint density at radius 3 is 2.81 bits per heavy atom. The van der Waals surface area contributed by atoms with Gasteiger partial charge in [-0.3, -0.25) is 20.1 Å². The average molecular weight is 380 g/mol. The summed E-state index contributed by atoms with van der Waals surface area (Å²) in [4.78, 5) is 13.4. The van der Waals surface area contributed by atoms with Crippen molar-refractivity contribution < 1.29 is 13.3 Å². The molecule has 0 saturated carbocycles. The monoisotopic (exact) mass is 380 g/mol. The standard InChI is InChI=1S/C16H24N6O3S/c17-14-20-16(21-15-6-9-18-10-7-15)19-8-2-1-5-13-26(23,24)22-11-3-4-12-25-22/h6-7,9-10H,1-5,8,11-13H2,(H2,18,19,20,21). The third kappa shape index (κ3) is 6.95. The SMILES string of the molecule is N#CNC(=NCCCCCS(=O)(=O)N1CCCCO1)Nc1ccncc1. The Labute approximate surface area is 154 Å². The minimum absolute atomic E-state index is 0.0787. The van der Waals surface area contributed by atoms with Crippen molar-refractivity contribution in [3.63, 3.8) is 0 Å². The first-order valence-electron chi connectivity index (χ1n) is 8.62. The van der Waals surface area contributed by atoms with E-state index in [1.165, 1.54) is 0 Å². The van der Waals surface area contributed by atoms with Gasteiger partial charge < -0.3 is 5.32 Å². The lowest BCUT2D eigenvalue weighted by Crippen LogP contribution is -2.37. The number of sulfonamides is 1. The van der Waals surface area contributed by atoms with Gasteiger partial charge in [-0.2, -0.15) is 5.26 Å². The summed E-state index contributed by atoms with van der Waals surface area (Å²) >= 11 is 0. The lowest BCUT2D eigenvalue weighted by Gasteiger charge is -2.25. The normalized spacial score (nSPS) is 16.0. The number of unbranched alkanes of at least 4 members (excludes halogenated alkanes) is 2. The molecule has 0 atom stereocenters. The van der Waals surface area contributed by atoms with Gasteiger partial charge in [0.25, 0.3) is 0 Å². The zero-order valence-electron chi connectivity index (χ0n) is 14.6. The number of anilines is 1. The molecule has 1 aliphatic rings. The van der Waals surface area contributed by atoms with Crippen molar-refractivity contribution >= 4 is 21.7 Å². The number of hydroxylamine groups is 1. The number of pyridine rings is 1. The van der Waals surface area contributed by atoms with Crippen LogP contribution < -0.4 is 10.6 Å². The molecule has 0 spiro atoms. The average Bonchev–Trinajstić information content (AvgIpc) is 2.66. The molecule has 0 aromatic carbocycles. The summed E-state index contributed by atoms with van der Waals surface area (Å²) in [6, 6.07) is 3.53. The Balaban J connectivity index is 1.70. The van der Waals surface area contributed by atoms with E-state index in [0.717, 1.165) is 35.8 Å². The van der Waals surface area contributed by atoms with Crippen molar-refractivity contribution in [3.8, 4) is 6.19 Å². The van der Waals surface area contributed by atoms with Gasteiger partial charge in [0.1, 0.15) is 0 Å². The van der Waals surface area contributed by atoms with Crippen LogP contribution in [-0.4, -0.2) is 49.3 Å². The molecular weight excluding hydrogens is 356 g/mol. The van der Waals surface area contributed by atoms with Crippen LogP contribution in [0.3, 0.4) is 0 Å². The minimum atomic E-state index is -3.33. The molecule has 2 rings (SSSR count). The predicted molar refractivity (Wildman–Crippen MR) is 98.4 cm³/mol. The van der Waals surface area contributed by atoms with Crippen LogP contribution in [0.25, 0.3) is 0 Å². The number of aromatic nitrogens is 1. The summed E-state index contributed by atoms with van der Waals surface area (Å²) in [5.74, 6) is 0.433. The number of hydrogen-bond donors (Lipinski definition) is 2. The Morgan fingerprint density at radius 1 is 1.31 bits per heavy atom. The van der Waals surface area contributed by atoms with Gasteiger partial charge in [-0.05, 0) is 37.8 Å². The molecule has 0 bridgehead atoms. The Hall–Kier alpha value is -2.22. The van der Waals surface area contributed by atoms with Crippen LogP contribution in [0.1, 0.15) is 32.1 Å². The molecule has 0 radical (unpaired) electrons. The molecule has 1 aromatic heterocycles. The Kier molecular flexibility index (Phi) is 8.27. The molecule has 1 fully saturated rings. The number of rotatable bonds is 8. The van der Waals surface area contributed by atoms with Crippen LogP contribution in [0, 0.1) is 11.5 Å². The smallest absolute Gasteiger partial charge is 0.236 e. The molecule has 0 aliphatic carbocycles. The van der Waals surface area contributed by atoms with E-state index in [2.05, 4.69) is 20.6 Å². The number of hydrogen-bond acceptors (Lipinski definition) is 6. The zero-order chi connectivity index (χ0) is 18.7. The second kappa shape index (κ2) is 10.7. The number of aliphatic imine (C=N–C) groups is 1. The molecule has 9 nitrogen and oxygen atoms in total. The fourth-order valence-electron chi connectivity index (χ4n) is 2.39. The molecule has 0 unspecified atom stereocenters. The maximum absolute atomic E-state index is 12.1. The number of nitrogens with zero attached hydrogens (tertiary/aromatic N) is 4. The number of nitrogens with one attached hydrogen (secondary N) is 2. The molecule has 10 heteroatoms. The highest BCUT2D eigenvalue weighted by Crippen LogP contribution is 2.13. The van der Waals surface area contributed by atoms with Crippen molar-refractivity contribution in [2.45, 2.75) is 32.1 Å². The Morgan fingerprint density at radius 2 is 2.12 bits per heavy atom. The maximum Gasteiger partial charge on any atom is 0.236 e. The highest BCUT2D eigenvalue weighted by Gasteiger charge is 2.24. The summed E-state index contributed by atoms with van der Waals surface area (Å²) in [7, 11) is -3.33. The fraction of sp³-hybridized carbons (Fsp3) is 0.562. The van der Waals surface area contributed by atoms with Crippen LogP contribution in [0.4, 0.5) is 5.69 Å². The topological polar surface area (TPSA) is 120 Å². The minimum Gasteiger partial charge on any atom is -0.325 e. The summed E-state index contributed by atoms with van der Waals surface area (Å²) in [6.07, 6.45) is 8.86. The first-order valence-corrected chi connectivity index (χ1v) is 10.2. The first kappa shape index (κ1) is 20.1. The zero-order valence-corrected chi connectivity index (χ0v) is 15.4. The molecular formula is C16H24N6O3S. The van der Waals surface area contributed by atoms with E-state index in [0.29, 0.717) is 32.1 Å². The maximum atomic E-state index is 12.1. The lowest BCUT2D eigenvalue weighted by atomic mass is 10.2. The van der Waals surface area contributed by atoms with Crippen LogP contribution in [-0.2, 0) is 14.9 Å². The molecule has 1 aliphatic heterocycles. The van der Waals surface area contributed by atoms with Crippen molar-refractivity contribution in [2.75, 3.05) is 30.8 Å². The summed E-state index contributed by atoms with van der Waals surface area (Å²) in [6.45, 7) is 1.39. The first-order chi connectivity index (χ1) is 12.6. The quantitative estimate of drug-likeness (QED) is 0.230. The van der Waals surface area contributed by atoms with Gasteiger partial charge in [-0.25, -0.2) is 8.42 Å². The van der Waals surface area contributed by atoms with Crippen molar-refractivity contribution in [3.05, 3.63) is 24.5 Å². The molecule has 26 heavy (non-hydrogen) atoms. The van der Waals surface area contributed by atoms with E-state index in [-0.39, 0.29) is 5.75 Å². The predicted octanol–water partition coefficient (Wildman–Crippen LogP) is 1.45. The molecule has 1 saturated heterocycles. The van der Waals surface area contributed by atoms with Gasteiger partial charge in [0.05, 0.1) is 12.4 Å². The summed E-state index contributed by atoms with van der Waals surface area (Å²) in [5, 5.41) is 14.3. The molecule has 142 valence electrons. The largest absolute Gasteiger partial charge is 0.325 e. The van der Waals surface area contributed by atoms with Crippen LogP contribution in [0.5, 0.6) is 0 Å². The summed E-state index contributed by atoms with van der Waals surface area (Å²) in [5.41, 5.74) is 0.772.